The van der Waals surface area contributed by atoms with Crippen LogP contribution in [0.4, 0.5) is 0 Å². The van der Waals surface area contributed by atoms with Crippen molar-refractivity contribution in [2.45, 2.75) is 12.8 Å². The summed E-state index contributed by atoms with van der Waals surface area (Å²) in [5.74, 6) is 0.307. The van der Waals surface area contributed by atoms with Crippen molar-refractivity contribution < 1.29 is 4.79 Å². The Hall–Kier alpha value is -1.37. The van der Waals surface area contributed by atoms with Crippen LogP contribution in [0.2, 0.25) is 0 Å². The highest BCUT2D eigenvalue weighted by Crippen LogP contribution is 2.09. The first-order chi connectivity index (χ1) is 6.35. The largest absolute Gasteiger partial charge is 0.303 e. The molecule has 13 heavy (non-hydrogen) atoms. The fourth-order valence-corrected chi connectivity index (χ4v) is 0.960. The third-order valence-electron chi connectivity index (χ3n) is 1.61. The summed E-state index contributed by atoms with van der Waals surface area (Å²) in [4.78, 5) is 10.2. The molecule has 0 aliphatic carbocycles. The van der Waals surface area contributed by atoms with E-state index in [1.165, 1.54) is 0 Å². The Kier molecular flexibility index (Phi) is 7.80. The minimum Gasteiger partial charge on any atom is -0.303 e. The van der Waals surface area contributed by atoms with Gasteiger partial charge in [0.05, 0.1) is 0 Å². The second-order valence-electron chi connectivity index (χ2n) is 2.65. The molecular formula is C12H16O. The number of allylic oxidation sites excluding steroid dienone is 6. The quantitative estimate of drug-likeness (QED) is 0.430. The van der Waals surface area contributed by atoms with Crippen LogP contribution in [0.25, 0.3) is 0 Å². The van der Waals surface area contributed by atoms with Gasteiger partial charge in [0.1, 0.15) is 6.29 Å². The molecule has 70 valence electrons. The lowest BCUT2D eigenvalue weighted by atomic mass is 10.0. The molecule has 0 rings (SSSR count). The Morgan fingerprint density at radius 1 is 1.08 bits per heavy atom. The van der Waals surface area contributed by atoms with E-state index < -0.39 is 0 Å². The van der Waals surface area contributed by atoms with Gasteiger partial charge in [-0.15, -0.1) is 0 Å². The van der Waals surface area contributed by atoms with Gasteiger partial charge in [-0.1, -0.05) is 49.6 Å². The molecule has 0 aromatic heterocycles. The molecule has 0 fully saturated rings. The van der Waals surface area contributed by atoms with Crippen LogP contribution < -0.4 is 0 Å². The van der Waals surface area contributed by atoms with Gasteiger partial charge in [-0.2, -0.15) is 0 Å². The van der Waals surface area contributed by atoms with Gasteiger partial charge in [-0.25, -0.2) is 0 Å². The van der Waals surface area contributed by atoms with Crippen molar-refractivity contribution >= 4 is 6.29 Å². The number of hydrogen-bond acceptors (Lipinski definition) is 1. The number of rotatable bonds is 7. The van der Waals surface area contributed by atoms with E-state index in [-0.39, 0.29) is 0 Å². The van der Waals surface area contributed by atoms with Crippen molar-refractivity contribution in [2.75, 3.05) is 0 Å². The fraction of sp³-hybridized carbons (Fsp3) is 0.250. The van der Waals surface area contributed by atoms with Crippen LogP contribution in [0.1, 0.15) is 12.8 Å². The number of aldehydes is 1. The molecule has 0 aliphatic rings. The molecule has 0 atom stereocenters. The van der Waals surface area contributed by atoms with Crippen LogP contribution in [0.3, 0.4) is 0 Å². The van der Waals surface area contributed by atoms with E-state index in [0.29, 0.717) is 12.3 Å². The summed E-state index contributed by atoms with van der Waals surface area (Å²) in [7, 11) is 0. The Morgan fingerprint density at radius 2 is 1.62 bits per heavy atom. The maximum absolute atomic E-state index is 10.2. The summed E-state index contributed by atoms with van der Waals surface area (Å²) < 4.78 is 0. The van der Waals surface area contributed by atoms with Gasteiger partial charge in [-0.3, -0.25) is 0 Å². The molecule has 0 heterocycles. The molecule has 0 aliphatic heterocycles. The first kappa shape index (κ1) is 11.6. The molecule has 1 heteroatoms. The van der Waals surface area contributed by atoms with Gasteiger partial charge in [0, 0.05) is 6.42 Å². The summed E-state index contributed by atoms with van der Waals surface area (Å²) in [6.45, 7) is 7.19. The van der Waals surface area contributed by atoms with Gasteiger partial charge in [0.2, 0.25) is 0 Å². The topological polar surface area (TPSA) is 17.1 Å². The lowest BCUT2D eigenvalue weighted by molar-refractivity contribution is -0.108. The maximum atomic E-state index is 10.2. The molecule has 0 amide bonds. The van der Waals surface area contributed by atoms with Gasteiger partial charge in [0.25, 0.3) is 0 Å². The van der Waals surface area contributed by atoms with E-state index in [2.05, 4.69) is 13.2 Å². The van der Waals surface area contributed by atoms with Crippen molar-refractivity contribution in [3.8, 4) is 0 Å². The molecule has 1 nitrogen and oxygen atoms in total. The monoisotopic (exact) mass is 176 g/mol. The summed E-state index contributed by atoms with van der Waals surface area (Å²) in [6.07, 6.45) is 13.7. The SMILES string of the molecule is C=C/C=C/C(/C=C/C=C)CCC=O. The zero-order valence-corrected chi connectivity index (χ0v) is 7.86. The highest BCUT2D eigenvalue weighted by atomic mass is 16.1. The predicted molar refractivity (Wildman–Crippen MR) is 57.5 cm³/mol. The van der Waals surface area contributed by atoms with Crippen LogP contribution in [-0.2, 0) is 4.79 Å². The Bertz CT molecular complexity index is 193. The third-order valence-corrected chi connectivity index (χ3v) is 1.61. The molecule has 0 spiro atoms. The van der Waals surface area contributed by atoms with Crippen LogP contribution in [0.5, 0.6) is 0 Å². The molecule has 0 unspecified atom stereocenters. The minimum atomic E-state index is 0.307. The van der Waals surface area contributed by atoms with E-state index in [1.54, 1.807) is 12.2 Å². The van der Waals surface area contributed by atoms with Gasteiger partial charge in [0.15, 0.2) is 0 Å². The average molecular weight is 176 g/mol. The Balaban J connectivity index is 4.08. The normalized spacial score (nSPS) is 11.2. The lowest BCUT2D eigenvalue weighted by Crippen LogP contribution is -1.91. The van der Waals surface area contributed by atoms with Crippen LogP contribution >= 0.6 is 0 Å². The second-order valence-corrected chi connectivity index (χ2v) is 2.65. The second kappa shape index (κ2) is 8.72. The number of carbonyl (C=O) groups excluding carboxylic acids is 1. The van der Waals surface area contributed by atoms with Crippen molar-refractivity contribution in [3.63, 3.8) is 0 Å². The van der Waals surface area contributed by atoms with Crippen LogP contribution in [0.15, 0.2) is 49.6 Å². The highest BCUT2D eigenvalue weighted by molar-refractivity contribution is 5.49. The van der Waals surface area contributed by atoms with E-state index in [0.717, 1.165) is 12.7 Å². The summed E-state index contributed by atoms with van der Waals surface area (Å²) in [5.41, 5.74) is 0. The van der Waals surface area contributed by atoms with Gasteiger partial charge >= 0.3 is 0 Å². The molecule has 0 aromatic rings. The minimum absolute atomic E-state index is 0.307. The molecule has 0 N–H and O–H groups in total. The summed E-state index contributed by atoms with van der Waals surface area (Å²) >= 11 is 0. The summed E-state index contributed by atoms with van der Waals surface area (Å²) in [5, 5.41) is 0. The maximum Gasteiger partial charge on any atom is 0.120 e. The standard InChI is InChI=1S/C12H16O/c1-3-5-8-12(9-6-4-2)10-7-11-13/h3-6,8-9,11-12H,1-2,7,10H2/b8-5+,9-6+. The van der Waals surface area contributed by atoms with Crippen molar-refractivity contribution in [2.24, 2.45) is 5.92 Å². The zero-order chi connectivity index (χ0) is 9.94. The van der Waals surface area contributed by atoms with E-state index in [4.69, 9.17) is 0 Å². The highest BCUT2D eigenvalue weighted by Gasteiger charge is 1.97. The Morgan fingerprint density at radius 3 is 2.00 bits per heavy atom. The average Bonchev–Trinajstić information content (AvgIpc) is 2.17. The van der Waals surface area contributed by atoms with Gasteiger partial charge < -0.3 is 4.79 Å². The lowest BCUT2D eigenvalue weighted by Gasteiger charge is -2.02. The van der Waals surface area contributed by atoms with E-state index in [9.17, 15) is 4.79 Å². The Labute approximate surface area is 80.2 Å². The molecule has 0 saturated heterocycles. The van der Waals surface area contributed by atoms with Crippen LogP contribution in [-0.4, -0.2) is 6.29 Å². The van der Waals surface area contributed by atoms with Crippen LogP contribution in [0, 0.1) is 5.92 Å². The first-order valence-electron chi connectivity index (χ1n) is 4.37. The molecule has 0 radical (unpaired) electrons. The molecule has 0 saturated carbocycles. The summed E-state index contributed by atoms with van der Waals surface area (Å²) in [6, 6.07) is 0. The van der Waals surface area contributed by atoms with Gasteiger partial charge in [-0.05, 0) is 12.3 Å². The predicted octanol–water partition coefficient (Wildman–Crippen LogP) is 3.07. The number of hydrogen-bond donors (Lipinski definition) is 0. The third kappa shape index (κ3) is 7.01. The molecular weight excluding hydrogens is 160 g/mol. The van der Waals surface area contributed by atoms with E-state index in [1.807, 2.05) is 24.3 Å². The van der Waals surface area contributed by atoms with Crippen molar-refractivity contribution in [1.29, 1.82) is 0 Å². The molecule has 0 bridgehead atoms. The van der Waals surface area contributed by atoms with Crippen molar-refractivity contribution in [3.05, 3.63) is 49.6 Å². The van der Waals surface area contributed by atoms with Crippen molar-refractivity contribution in [1.82, 2.24) is 0 Å². The number of carbonyl (C=O) groups is 1. The smallest absolute Gasteiger partial charge is 0.120 e. The first-order valence-corrected chi connectivity index (χ1v) is 4.37. The van der Waals surface area contributed by atoms with E-state index >= 15 is 0 Å². The molecule has 0 aromatic carbocycles. The zero-order valence-electron chi connectivity index (χ0n) is 7.86. The fourth-order valence-electron chi connectivity index (χ4n) is 0.960.